The predicted molar refractivity (Wildman–Crippen MR) is 110 cm³/mol. The molecule has 0 unspecified atom stereocenters. The molecule has 0 aliphatic heterocycles. The van der Waals surface area contributed by atoms with Gasteiger partial charge in [-0.15, -0.1) is 0 Å². The third-order valence-electron chi connectivity index (χ3n) is 2.50. The summed E-state index contributed by atoms with van der Waals surface area (Å²) in [6.45, 7) is 12.2. The van der Waals surface area contributed by atoms with Gasteiger partial charge in [0.25, 0.3) is 0 Å². The number of aliphatic hydroxyl groups is 4. The van der Waals surface area contributed by atoms with Crippen LogP contribution in [0.1, 0.15) is 33.6 Å². The summed E-state index contributed by atoms with van der Waals surface area (Å²) in [5, 5.41) is 31.7. The topological polar surface area (TPSA) is 127 Å². The largest absolute Gasteiger partial charge is 0.400 e. The Morgan fingerprint density at radius 2 is 0.786 bits per heavy atom. The highest BCUT2D eigenvalue weighted by Crippen LogP contribution is 1.87. The minimum Gasteiger partial charge on any atom is -0.400 e. The standard InChI is InChI=1S/C8H18O3.C6H14O3.C4H10O2.CH4O/c1-2-3-5-10-7-8-11-6-4-9;1-2-8-5-6-9-4-3-7;1-2-6-4-3-5;1-2/h9H,2-8H2,1H3;7H,2-6H2,1H3;5H,2-4H2,1H3;2H,1H3. The fraction of sp³-hybridized carbons (Fsp3) is 1.00. The summed E-state index contributed by atoms with van der Waals surface area (Å²) in [7, 11) is 1.00. The molecule has 0 heterocycles. The first kappa shape index (κ1) is 35.1. The Labute approximate surface area is 171 Å². The minimum atomic E-state index is 0.0894. The first-order valence-corrected chi connectivity index (χ1v) is 9.90. The van der Waals surface area contributed by atoms with Crippen molar-refractivity contribution in [2.24, 2.45) is 0 Å². The van der Waals surface area contributed by atoms with Crippen LogP contribution in [0.25, 0.3) is 0 Å². The smallest absolute Gasteiger partial charge is 0.0701 e. The molecule has 28 heavy (non-hydrogen) atoms. The zero-order chi connectivity index (χ0) is 22.1. The Morgan fingerprint density at radius 3 is 1.11 bits per heavy atom. The molecule has 9 heteroatoms. The summed E-state index contributed by atoms with van der Waals surface area (Å²) in [6.07, 6.45) is 2.28. The van der Waals surface area contributed by atoms with Gasteiger partial charge in [-0.3, -0.25) is 0 Å². The van der Waals surface area contributed by atoms with E-state index in [1.165, 1.54) is 0 Å². The van der Waals surface area contributed by atoms with Gasteiger partial charge in [0.1, 0.15) is 0 Å². The SMILES string of the molecule is CCCCOCCOCCO.CCOCCO.CCOCCOCCO.CO. The Balaban J connectivity index is -0.000000153. The van der Waals surface area contributed by atoms with Gasteiger partial charge in [-0.2, -0.15) is 0 Å². The van der Waals surface area contributed by atoms with Crippen molar-refractivity contribution >= 4 is 0 Å². The average molecular weight is 419 g/mol. The summed E-state index contributed by atoms with van der Waals surface area (Å²) < 4.78 is 24.8. The van der Waals surface area contributed by atoms with Crippen LogP contribution in [-0.2, 0) is 23.7 Å². The first-order chi connectivity index (χ1) is 13.7. The van der Waals surface area contributed by atoms with Crippen molar-refractivity contribution in [2.75, 3.05) is 93.0 Å². The Kier molecular flexibility index (Phi) is 56.9. The molecule has 0 bridgehead atoms. The lowest BCUT2D eigenvalue weighted by Gasteiger charge is -2.02. The average Bonchev–Trinajstić information content (AvgIpc) is 2.74. The quantitative estimate of drug-likeness (QED) is 0.249. The highest BCUT2D eigenvalue weighted by Gasteiger charge is 1.88. The van der Waals surface area contributed by atoms with Crippen molar-refractivity contribution in [1.29, 1.82) is 0 Å². The van der Waals surface area contributed by atoms with E-state index >= 15 is 0 Å². The molecule has 0 spiro atoms. The summed E-state index contributed by atoms with van der Waals surface area (Å²) in [4.78, 5) is 0. The second-order valence-corrected chi connectivity index (χ2v) is 4.76. The number of ether oxygens (including phenoxy) is 5. The summed E-state index contributed by atoms with van der Waals surface area (Å²) in [6, 6.07) is 0. The molecule has 9 nitrogen and oxygen atoms in total. The molecule has 0 saturated heterocycles. The van der Waals surface area contributed by atoms with Crippen LogP contribution in [0.4, 0.5) is 0 Å². The molecule has 0 aliphatic rings. The number of rotatable bonds is 17. The maximum atomic E-state index is 8.34. The summed E-state index contributed by atoms with van der Waals surface area (Å²) in [5.41, 5.74) is 0. The Morgan fingerprint density at radius 1 is 0.464 bits per heavy atom. The van der Waals surface area contributed by atoms with Crippen molar-refractivity contribution in [3.8, 4) is 0 Å². The van der Waals surface area contributed by atoms with Crippen LogP contribution in [0.5, 0.6) is 0 Å². The fourth-order valence-electron chi connectivity index (χ4n) is 1.27. The minimum absolute atomic E-state index is 0.0894. The molecule has 0 aliphatic carbocycles. The summed E-state index contributed by atoms with van der Waals surface area (Å²) in [5.74, 6) is 0. The molecule has 0 saturated carbocycles. The third kappa shape index (κ3) is 56.2. The van der Waals surface area contributed by atoms with Gasteiger partial charge in [0.15, 0.2) is 0 Å². The van der Waals surface area contributed by atoms with Crippen LogP contribution in [-0.4, -0.2) is 113 Å². The highest BCUT2D eigenvalue weighted by atomic mass is 16.5. The summed E-state index contributed by atoms with van der Waals surface area (Å²) >= 11 is 0. The van der Waals surface area contributed by atoms with E-state index in [-0.39, 0.29) is 19.8 Å². The molecular weight excluding hydrogens is 372 g/mol. The van der Waals surface area contributed by atoms with E-state index in [1.807, 2.05) is 13.8 Å². The van der Waals surface area contributed by atoms with Crippen molar-refractivity contribution in [3.63, 3.8) is 0 Å². The van der Waals surface area contributed by atoms with Crippen LogP contribution in [0.3, 0.4) is 0 Å². The van der Waals surface area contributed by atoms with E-state index in [4.69, 9.17) is 44.1 Å². The number of hydrogen-bond donors (Lipinski definition) is 4. The van der Waals surface area contributed by atoms with Gasteiger partial charge < -0.3 is 44.1 Å². The van der Waals surface area contributed by atoms with E-state index in [0.717, 1.165) is 33.2 Å². The monoisotopic (exact) mass is 418 g/mol. The van der Waals surface area contributed by atoms with Crippen LogP contribution in [0.2, 0.25) is 0 Å². The van der Waals surface area contributed by atoms with Crippen molar-refractivity contribution in [2.45, 2.75) is 33.6 Å². The van der Waals surface area contributed by atoms with E-state index in [9.17, 15) is 0 Å². The lowest BCUT2D eigenvalue weighted by Crippen LogP contribution is -2.07. The van der Waals surface area contributed by atoms with Crippen molar-refractivity contribution < 1.29 is 44.1 Å². The Hall–Kier alpha value is -0.360. The highest BCUT2D eigenvalue weighted by molar-refractivity contribution is 4.33. The van der Waals surface area contributed by atoms with Gasteiger partial charge in [0.2, 0.25) is 0 Å². The molecule has 0 fully saturated rings. The van der Waals surface area contributed by atoms with E-state index in [0.29, 0.717) is 52.9 Å². The predicted octanol–water partition coefficient (Wildman–Crippen LogP) is 0.468. The van der Waals surface area contributed by atoms with Crippen LogP contribution in [0.15, 0.2) is 0 Å². The van der Waals surface area contributed by atoms with Crippen LogP contribution < -0.4 is 0 Å². The lowest BCUT2D eigenvalue weighted by atomic mass is 10.4. The third-order valence-corrected chi connectivity index (χ3v) is 2.50. The maximum absolute atomic E-state index is 8.34. The van der Waals surface area contributed by atoms with Gasteiger partial charge in [-0.1, -0.05) is 13.3 Å². The first-order valence-electron chi connectivity index (χ1n) is 9.90. The molecule has 0 aromatic carbocycles. The Bertz CT molecular complexity index is 180. The lowest BCUT2D eigenvalue weighted by molar-refractivity contribution is 0.0324. The molecule has 0 rings (SSSR count). The van der Waals surface area contributed by atoms with Gasteiger partial charge in [-0.05, 0) is 20.3 Å². The van der Waals surface area contributed by atoms with E-state index < -0.39 is 0 Å². The number of aliphatic hydroxyl groups excluding tert-OH is 4. The van der Waals surface area contributed by atoms with Crippen LogP contribution in [0, 0.1) is 0 Å². The van der Waals surface area contributed by atoms with Gasteiger partial charge in [0, 0.05) is 26.9 Å². The maximum Gasteiger partial charge on any atom is 0.0701 e. The molecule has 0 aromatic heterocycles. The van der Waals surface area contributed by atoms with Gasteiger partial charge >= 0.3 is 0 Å². The van der Waals surface area contributed by atoms with Crippen LogP contribution >= 0.6 is 0 Å². The number of hydrogen-bond acceptors (Lipinski definition) is 9. The van der Waals surface area contributed by atoms with E-state index in [1.54, 1.807) is 0 Å². The molecule has 0 atom stereocenters. The molecule has 176 valence electrons. The second-order valence-electron chi connectivity index (χ2n) is 4.76. The van der Waals surface area contributed by atoms with E-state index in [2.05, 4.69) is 6.92 Å². The molecule has 0 radical (unpaired) electrons. The van der Waals surface area contributed by atoms with Gasteiger partial charge in [-0.25, -0.2) is 0 Å². The van der Waals surface area contributed by atoms with Crippen molar-refractivity contribution in [3.05, 3.63) is 0 Å². The molecule has 4 N–H and O–H groups in total. The second kappa shape index (κ2) is 45.4. The zero-order valence-corrected chi connectivity index (χ0v) is 18.4. The zero-order valence-electron chi connectivity index (χ0n) is 18.4. The molecule has 0 aromatic rings. The normalized spacial score (nSPS) is 9.43. The number of unbranched alkanes of at least 4 members (excludes halogenated alkanes) is 1. The molecule has 0 amide bonds. The fourth-order valence-corrected chi connectivity index (χ4v) is 1.27. The van der Waals surface area contributed by atoms with Crippen molar-refractivity contribution in [1.82, 2.24) is 0 Å². The molecular formula is C19H46O9. The van der Waals surface area contributed by atoms with Gasteiger partial charge in [0.05, 0.1) is 66.1 Å².